The van der Waals surface area contributed by atoms with Crippen molar-refractivity contribution in [3.05, 3.63) is 11.4 Å². The lowest BCUT2D eigenvalue weighted by Crippen LogP contribution is -2.09. The third kappa shape index (κ3) is 1.76. The molecular formula is C9H15N3O. The van der Waals surface area contributed by atoms with Gasteiger partial charge in [0.05, 0.1) is 11.7 Å². The topological polar surface area (TPSA) is 47.8 Å². The summed E-state index contributed by atoms with van der Waals surface area (Å²) in [5, 5.41) is 7.78. The maximum absolute atomic E-state index is 10.6. The molecule has 1 heterocycles. The molecule has 1 rings (SSSR count). The van der Waals surface area contributed by atoms with Crippen LogP contribution in [0.2, 0.25) is 0 Å². The van der Waals surface area contributed by atoms with Crippen molar-refractivity contribution in [1.82, 2.24) is 15.0 Å². The Balaban J connectivity index is 3.07. The van der Waals surface area contributed by atoms with Gasteiger partial charge in [0.1, 0.15) is 5.69 Å². The van der Waals surface area contributed by atoms with Crippen LogP contribution in [-0.2, 0) is 6.42 Å². The van der Waals surface area contributed by atoms with Crippen molar-refractivity contribution in [2.24, 2.45) is 0 Å². The number of nitrogens with zero attached hydrogens (tertiary/aromatic N) is 3. The van der Waals surface area contributed by atoms with Gasteiger partial charge in [-0.1, -0.05) is 19.1 Å². The van der Waals surface area contributed by atoms with Crippen molar-refractivity contribution in [2.45, 2.75) is 39.7 Å². The van der Waals surface area contributed by atoms with E-state index >= 15 is 0 Å². The zero-order chi connectivity index (χ0) is 9.84. The summed E-state index contributed by atoms with van der Waals surface area (Å²) in [5.74, 6) is 0. The molecule has 0 amide bonds. The van der Waals surface area contributed by atoms with Crippen molar-refractivity contribution in [3.8, 4) is 0 Å². The SMILES string of the molecule is CCc1c(C=O)nnn1C(C)CC. The molecule has 0 aromatic carbocycles. The summed E-state index contributed by atoms with van der Waals surface area (Å²) in [6, 6.07) is 0.316. The minimum atomic E-state index is 0.316. The van der Waals surface area contributed by atoms with E-state index in [1.54, 1.807) is 0 Å². The van der Waals surface area contributed by atoms with E-state index in [2.05, 4.69) is 24.2 Å². The average Bonchev–Trinajstić information content (AvgIpc) is 2.58. The molecule has 0 aliphatic rings. The smallest absolute Gasteiger partial charge is 0.172 e. The quantitative estimate of drug-likeness (QED) is 0.663. The minimum absolute atomic E-state index is 0.316. The third-order valence-electron chi connectivity index (χ3n) is 2.28. The predicted molar refractivity (Wildman–Crippen MR) is 49.8 cm³/mol. The van der Waals surface area contributed by atoms with Crippen LogP contribution in [0.1, 0.15) is 49.4 Å². The Morgan fingerprint density at radius 3 is 2.69 bits per heavy atom. The molecule has 13 heavy (non-hydrogen) atoms. The highest BCUT2D eigenvalue weighted by atomic mass is 16.1. The van der Waals surface area contributed by atoms with Crippen LogP contribution in [-0.4, -0.2) is 21.3 Å². The van der Waals surface area contributed by atoms with Crippen molar-refractivity contribution >= 4 is 6.29 Å². The van der Waals surface area contributed by atoms with E-state index in [0.717, 1.165) is 24.8 Å². The molecule has 0 saturated carbocycles. The first-order chi connectivity index (χ1) is 6.24. The Morgan fingerprint density at radius 1 is 1.54 bits per heavy atom. The van der Waals surface area contributed by atoms with E-state index in [1.807, 2.05) is 11.6 Å². The normalized spacial score (nSPS) is 12.8. The van der Waals surface area contributed by atoms with Gasteiger partial charge in [0.25, 0.3) is 0 Å². The zero-order valence-corrected chi connectivity index (χ0v) is 8.32. The van der Waals surface area contributed by atoms with Gasteiger partial charge >= 0.3 is 0 Å². The van der Waals surface area contributed by atoms with Crippen LogP contribution in [0.25, 0.3) is 0 Å². The molecular weight excluding hydrogens is 166 g/mol. The summed E-state index contributed by atoms with van der Waals surface area (Å²) in [4.78, 5) is 10.6. The molecule has 72 valence electrons. The number of hydrogen-bond acceptors (Lipinski definition) is 3. The molecule has 1 aromatic rings. The lowest BCUT2D eigenvalue weighted by Gasteiger charge is -2.10. The van der Waals surface area contributed by atoms with Gasteiger partial charge in [-0.3, -0.25) is 4.79 Å². The van der Waals surface area contributed by atoms with Gasteiger partial charge in [0, 0.05) is 0 Å². The average molecular weight is 181 g/mol. The van der Waals surface area contributed by atoms with Crippen molar-refractivity contribution in [1.29, 1.82) is 0 Å². The Hall–Kier alpha value is -1.19. The molecule has 1 atom stereocenters. The summed E-state index contributed by atoms with van der Waals surface area (Å²) in [7, 11) is 0. The molecule has 0 aliphatic carbocycles. The van der Waals surface area contributed by atoms with E-state index in [9.17, 15) is 4.79 Å². The molecule has 0 aliphatic heterocycles. The molecule has 0 fully saturated rings. The predicted octanol–water partition coefficient (Wildman–Crippen LogP) is 1.62. The Kier molecular flexibility index (Phi) is 3.17. The summed E-state index contributed by atoms with van der Waals surface area (Å²) in [6.45, 7) is 6.17. The first-order valence-corrected chi connectivity index (χ1v) is 4.63. The van der Waals surface area contributed by atoms with Gasteiger partial charge in [-0.25, -0.2) is 4.68 Å². The fourth-order valence-corrected chi connectivity index (χ4v) is 1.29. The fourth-order valence-electron chi connectivity index (χ4n) is 1.29. The van der Waals surface area contributed by atoms with E-state index in [0.29, 0.717) is 11.7 Å². The number of aromatic nitrogens is 3. The van der Waals surface area contributed by atoms with E-state index in [1.165, 1.54) is 0 Å². The number of aldehydes is 1. The third-order valence-corrected chi connectivity index (χ3v) is 2.28. The monoisotopic (exact) mass is 181 g/mol. The van der Waals surface area contributed by atoms with Crippen LogP contribution in [0.5, 0.6) is 0 Å². The van der Waals surface area contributed by atoms with Crippen LogP contribution in [0.3, 0.4) is 0 Å². The molecule has 0 spiro atoms. The summed E-state index contributed by atoms with van der Waals surface area (Å²) in [6.07, 6.45) is 2.56. The second-order valence-corrected chi connectivity index (χ2v) is 3.09. The lowest BCUT2D eigenvalue weighted by molar-refractivity contribution is 0.111. The maximum Gasteiger partial charge on any atom is 0.172 e. The molecule has 0 bridgehead atoms. The van der Waals surface area contributed by atoms with Crippen LogP contribution >= 0.6 is 0 Å². The standard InChI is InChI=1S/C9H15N3O/c1-4-7(3)12-9(5-2)8(6-13)10-11-12/h6-7H,4-5H2,1-3H3. The second-order valence-electron chi connectivity index (χ2n) is 3.09. The van der Waals surface area contributed by atoms with Gasteiger partial charge < -0.3 is 0 Å². The summed E-state index contributed by atoms with van der Waals surface area (Å²) < 4.78 is 1.84. The largest absolute Gasteiger partial charge is 0.296 e. The molecule has 1 aromatic heterocycles. The van der Waals surface area contributed by atoms with Gasteiger partial charge in [-0.15, -0.1) is 5.10 Å². The Bertz CT molecular complexity index is 293. The number of hydrogen-bond donors (Lipinski definition) is 0. The Labute approximate surface area is 77.9 Å². The highest BCUT2D eigenvalue weighted by Gasteiger charge is 2.13. The van der Waals surface area contributed by atoms with Gasteiger partial charge in [-0.2, -0.15) is 0 Å². The fraction of sp³-hybridized carbons (Fsp3) is 0.667. The molecule has 1 unspecified atom stereocenters. The first kappa shape index (κ1) is 9.89. The number of rotatable bonds is 4. The number of carbonyl (C=O) groups is 1. The van der Waals surface area contributed by atoms with Gasteiger partial charge in [-0.05, 0) is 19.8 Å². The highest BCUT2D eigenvalue weighted by molar-refractivity contribution is 5.73. The Morgan fingerprint density at radius 2 is 2.23 bits per heavy atom. The van der Waals surface area contributed by atoms with E-state index in [4.69, 9.17) is 0 Å². The summed E-state index contributed by atoms with van der Waals surface area (Å²) >= 11 is 0. The second kappa shape index (κ2) is 4.16. The zero-order valence-electron chi connectivity index (χ0n) is 8.32. The van der Waals surface area contributed by atoms with E-state index < -0.39 is 0 Å². The molecule has 4 nitrogen and oxygen atoms in total. The summed E-state index contributed by atoms with van der Waals surface area (Å²) in [5.41, 5.74) is 1.41. The minimum Gasteiger partial charge on any atom is -0.296 e. The first-order valence-electron chi connectivity index (χ1n) is 4.63. The van der Waals surface area contributed by atoms with Gasteiger partial charge in [0.2, 0.25) is 0 Å². The van der Waals surface area contributed by atoms with Crippen LogP contribution in [0.4, 0.5) is 0 Å². The van der Waals surface area contributed by atoms with Crippen LogP contribution in [0.15, 0.2) is 0 Å². The van der Waals surface area contributed by atoms with Gasteiger partial charge in [0.15, 0.2) is 6.29 Å². The molecule has 0 radical (unpaired) electrons. The van der Waals surface area contributed by atoms with Crippen LogP contribution < -0.4 is 0 Å². The maximum atomic E-state index is 10.6. The van der Waals surface area contributed by atoms with Crippen LogP contribution in [0, 0.1) is 0 Å². The molecule has 0 N–H and O–H groups in total. The van der Waals surface area contributed by atoms with Crippen molar-refractivity contribution in [2.75, 3.05) is 0 Å². The highest BCUT2D eigenvalue weighted by Crippen LogP contribution is 2.13. The van der Waals surface area contributed by atoms with Crippen molar-refractivity contribution < 1.29 is 4.79 Å². The molecule has 4 heteroatoms. The van der Waals surface area contributed by atoms with E-state index in [-0.39, 0.29) is 0 Å². The lowest BCUT2D eigenvalue weighted by atomic mass is 10.2. The van der Waals surface area contributed by atoms with Crippen molar-refractivity contribution in [3.63, 3.8) is 0 Å². The number of carbonyl (C=O) groups excluding carboxylic acids is 1. The molecule has 0 saturated heterocycles.